The van der Waals surface area contributed by atoms with E-state index in [0.29, 0.717) is 0 Å². The van der Waals surface area contributed by atoms with Crippen molar-refractivity contribution in [1.29, 1.82) is 0 Å². The molecule has 11 aromatic rings. The Morgan fingerprint density at radius 1 is 0.343 bits per heavy atom. The molecule has 0 bridgehead atoms. The number of aromatic nitrogens is 1. The van der Waals surface area contributed by atoms with Gasteiger partial charge in [-0.25, -0.2) is 0 Å². The molecule has 70 heavy (non-hydrogen) atoms. The van der Waals surface area contributed by atoms with E-state index in [9.17, 15) is 0 Å². The van der Waals surface area contributed by atoms with Crippen LogP contribution >= 0.6 is 0 Å². The van der Waals surface area contributed by atoms with Gasteiger partial charge in [-0.3, -0.25) is 0 Å². The van der Waals surface area contributed by atoms with Gasteiger partial charge in [0.2, 0.25) is 0 Å². The minimum absolute atomic E-state index is 1.05. The molecule has 0 fully saturated rings. The monoisotopic (exact) mass is 959 g/mol. The molecule has 0 unspecified atom stereocenters. The Labute approximate surface area is 413 Å². The Morgan fingerprint density at radius 2 is 0.771 bits per heavy atom. The molecule has 1 aromatic heterocycles. The molecule has 0 spiro atoms. The van der Waals surface area contributed by atoms with Crippen LogP contribution in [0.25, 0.3) is 38.6 Å². The van der Waals surface area contributed by atoms with E-state index in [1.54, 1.807) is 6.08 Å². The van der Waals surface area contributed by atoms with Crippen molar-refractivity contribution in [3.05, 3.63) is 304 Å². The van der Waals surface area contributed by atoms with E-state index in [2.05, 4.69) is 294 Å². The van der Waals surface area contributed by atoms with Gasteiger partial charge in [-0.15, -0.1) is 0 Å². The van der Waals surface area contributed by atoms with Gasteiger partial charge in [0.1, 0.15) is 0 Å². The molecule has 0 aliphatic carbocycles. The van der Waals surface area contributed by atoms with Crippen LogP contribution < -0.4 is 27.4 Å². The molecule has 3 nitrogen and oxygen atoms in total. The second-order valence-corrected chi connectivity index (χ2v) is 25.4. The molecular weight excluding hydrogens is 907 g/mol. The molecule has 0 amide bonds. The third-order valence-electron chi connectivity index (χ3n) is 13.3. The van der Waals surface area contributed by atoms with E-state index in [0.717, 1.165) is 34.1 Å². The molecule has 4 heteroatoms. The van der Waals surface area contributed by atoms with Crippen molar-refractivity contribution in [1.82, 2.24) is 4.57 Å². The second-order valence-electron chi connectivity index (χ2n) is 17.4. The van der Waals surface area contributed by atoms with Crippen LogP contribution in [0.5, 0.6) is 0 Å². The fourth-order valence-corrected chi connectivity index (χ4v) is 20.1. The molecule has 0 atom stereocenters. The third kappa shape index (κ3) is 8.38. The summed E-state index contributed by atoms with van der Waals surface area (Å²) in [4.78, 5) is 4.58. The fourth-order valence-electron chi connectivity index (χ4n) is 10.1. The zero-order chi connectivity index (χ0) is 47.1. The van der Waals surface area contributed by atoms with Crippen molar-refractivity contribution >= 4 is 81.1 Å². The Morgan fingerprint density at radius 3 is 1.34 bits per heavy atom. The van der Waals surface area contributed by atoms with Gasteiger partial charge in [-0.05, 0) is 36.4 Å². The molecule has 10 aromatic carbocycles. The summed E-state index contributed by atoms with van der Waals surface area (Å²) in [6, 6.07) is 97.7. The van der Waals surface area contributed by atoms with Gasteiger partial charge in [0, 0.05) is 28.6 Å². The molecule has 334 valence electrons. The van der Waals surface area contributed by atoms with Gasteiger partial charge in [0.05, 0.1) is 11.0 Å². The first-order chi connectivity index (χ1) is 34.7. The first-order valence-corrected chi connectivity index (χ1v) is 28.1. The summed E-state index contributed by atoms with van der Waals surface area (Å²) >= 11 is -3.39. The van der Waals surface area contributed by atoms with Gasteiger partial charge >= 0.3 is 251 Å². The van der Waals surface area contributed by atoms with E-state index in [1.165, 1.54) is 50.5 Å². The number of hydrogen-bond acceptors (Lipinski definition) is 2. The zero-order valence-corrected chi connectivity index (χ0v) is 40.9. The van der Waals surface area contributed by atoms with Gasteiger partial charge in [0.15, 0.2) is 0 Å². The molecule has 0 saturated heterocycles. The van der Waals surface area contributed by atoms with Crippen molar-refractivity contribution < 1.29 is 0 Å². The number of rotatable bonds is 14. The van der Waals surface area contributed by atoms with Crippen molar-refractivity contribution in [2.24, 2.45) is 0 Å². The summed E-state index contributed by atoms with van der Waals surface area (Å²) in [5, 5.41) is 2.42. The van der Waals surface area contributed by atoms with Crippen LogP contribution in [0.3, 0.4) is 0 Å². The predicted molar refractivity (Wildman–Crippen MR) is 302 cm³/mol. The van der Waals surface area contributed by atoms with Gasteiger partial charge in [-0.2, -0.15) is 0 Å². The Balaban J connectivity index is 1.01. The van der Waals surface area contributed by atoms with E-state index in [4.69, 9.17) is 0 Å². The summed E-state index contributed by atoms with van der Waals surface area (Å²) < 4.78 is 8.02. The first-order valence-electron chi connectivity index (χ1n) is 23.9. The molecule has 0 N–H and O–H groups in total. The molecule has 0 radical (unpaired) electrons. The van der Waals surface area contributed by atoms with Crippen LogP contribution in [-0.2, 0) is 0 Å². The molecule has 11 rings (SSSR count). The van der Waals surface area contributed by atoms with Gasteiger partial charge in [-0.1, -0.05) is 79.4 Å². The Bertz CT molecular complexity index is 3470. The number of hydrogen-bond donors (Lipinski definition) is 0. The normalized spacial score (nSPS) is 11.7. The standard InChI is InChI=1S/C66H51GeN3/c1-2-3-4-22-49-68(57-29-16-8-17-30-57)58-43-45-61(46-44-58)69(62-47-48-66-64(50-62)63-33-20-21-34-65(63)70(66)59-31-18-9-19-32-59)60-41-37-52(38-42-60)51-35-39-56(40-36-51)67(53-23-10-5-11-24-53,54-25-12-6-13-26-54)55-27-14-7-15-28-55/h2-50H,1H2/b4-3-,49-22+. The van der Waals surface area contributed by atoms with Crippen molar-refractivity contribution in [3.8, 4) is 16.8 Å². The van der Waals surface area contributed by atoms with Gasteiger partial charge in [0.25, 0.3) is 0 Å². The number of fused-ring (bicyclic) bond motifs is 3. The first kappa shape index (κ1) is 43.9. The molecule has 0 aliphatic heterocycles. The Hall–Kier alpha value is -8.64. The number of para-hydroxylation sites is 3. The van der Waals surface area contributed by atoms with E-state index < -0.39 is 13.3 Å². The van der Waals surface area contributed by atoms with Crippen LogP contribution in [-0.4, -0.2) is 17.8 Å². The van der Waals surface area contributed by atoms with Gasteiger partial charge < -0.3 is 9.47 Å². The van der Waals surface area contributed by atoms with Crippen LogP contribution in [0.4, 0.5) is 28.4 Å². The molecular formula is C66H51GeN3. The maximum atomic E-state index is 3.84. The minimum atomic E-state index is -3.39. The topological polar surface area (TPSA) is 11.4 Å². The van der Waals surface area contributed by atoms with Crippen LogP contribution in [0.15, 0.2) is 304 Å². The fraction of sp³-hybridized carbons (Fsp3) is 0. The summed E-state index contributed by atoms with van der Waals surface area (Å²) in [5.74, 6) is 0. The average molecular weight is 959 g/mol. The number of anilines is 5. The van der Waals surface area contributed by atoms with Crippen LogP contribution in [0.2, 0.25) is 0 Å². The summed E-state index contributed by atoms with van der Waals surface area (Å²) in [7, 11) is 0. The second kappa shape index (κ2) is 19.9. The zero-order valence-electron chi connectivity index (χ0n) is 38.8. The average Bonchev–Trinajstić information content (AvgIpc) is 3.77. The van der Waals surface area contributed by atoms with Crippen molar-refractivity contribution in [2.75, 3.05) is 9.80 Å². The van der Waals surface area contributed by atoms with Crippen molar-refractivity contribution in [2.45, 2.75) is 0 Å². The molecule has 0 saturated carbocycles. The number of allylic oxidation sites excluding steroid dienone is 4. The predicted octanol–water partition coefficient (Wildman–Crippen LogP) is 14.7. The molecule has 1 heterocycles. The van der Waals surface area contributed by atoms with Crippen molar-refractivity contribution in [3.63, 3.8) is 0 Å². The van der Waals surface area contributed by atoms with E-state index in [-0.39, 0.29) is 0 Å². The van der Waals surface area contributed by atoms with Crippen LogP contribution in [0, 0.1) is 0 Å². The SMILES string of the molecule is C=C/C=C\C=C\N(c1ccccc1)c1ccc(N(c2ccc(-c3cc[c]([Ge]([c]4ccccc4)([c]4ccccc4)[c]4ccccc4)cc3)cc2)c2ccc3c(c2)c2ccccc2n3-c2ccccc2)cc1. The molecule has 0 aliphatic rings. The summed E-state index contributed by atoms with van der Waals surface area (Å²) in [6.07, 6.45) is 9.86. The maximum absolute atomic E-state index is 3.84. The Kier molecular flexibility index (Phi) is 12.5. The van der Waals surface area contributed by atoms with Crippen LogP contribution in [0.1, 0.15) is 0 Å². The summed E-state index contributed by atoms with van der Waals surface area (Å²) in [6.45, 7) is 3.84. The third-order valence-corrected chi connectivity index (χ3v) is 23.4. The number of nitrogens with zero attached hydrogens (tertiary/aromatic N) is 3. The van der Waals surface area contributed by atoms with E-state index >= 15 is 0 Å². The summed E-state index contributed by atoms with van der Waals surface area (Å²) in [5.41, 5.74) is 11.2. The number of benzene rings is 10. The van der Waals surface area contributed by atoms with E-state index in [1.807, 2.05) is 18.2 Å². The quantitative estimate of drug-likeness (QED) is 0.0795.